The van der Waals surface area contributed by atoms with Crippen LogP contribution in [0.1, 0.15) is 43.9 Å². The molecule has 0 radical (unpaired) electrons. The van der Waals surface area contributed by atoms with Gasteiger partial charge in [0.25, 0.3) is 5.91 Å². The lowest BCUT2D eigenvalue weighted by Gasteiger charge is -2.50. The Balaban J connectivity index is 1.43. The molecule has 3 aliphatic carbocycles. The Morgan fingerprint density at radius 1 is 1.00 bits per heavy atom. The number of benzene rings is 2. The molecular weight excluding hydrogens is 730 g/mol. The number of aliphatic hydroxyl groups excluding tert-OH is 2. The van der Waals surface area contributed by atoms with Crippen LogP contribution in [0.2, 0.25) is 0 Å². The van der Waals surface area contributed by atoms with Crippen LogP contribution in [0.15, 0.2) is 53.3 Å². The molecule has 0 saturated heterocycles. The minimum absolute atomic E-state index is 0.0312. The maximum atomic E-state index is 14.3. The number of ether oxygens (including phenoxy) is 2. The fourth-order valence-corrected chi connectivity index (χ4v) is 7.73. The number of hydrogen-bond donors (Lipinski definition) is 6. The number of carbonyl (C=O) groups excluding carboxylic acids is 6. The van der Waals surface area contributed by atoms with Crippen molar-refractivity contribution >= 4 is 52.6 Å². The summed E-state index contributed by atoms with van der Waals surface area (Å²) < 4.78 is 10.2. The Kier molecular flexibility index (Phi) is 11.3. The quantitative estimate of drug-likeness (QED) is 0.0874. The lowest BCUT2D eigenvalue weighted by Crippen LogP contribution is -2.65. The third kappa shape index (κ3) is 7.38. The number of ketones is 2. The fourth-order valence-electron chi connectivity index (χ4n) is 7.73. The Hall–Kier alpha value is -5.94. The minimum Gasteiger partial charge on any atom is -0.508 e. The van der Waals surface area contributed by atoms with Gasteiger partial charge in [-0.05, 0) is 70.8 Å². The van der Waals surface area contributed by atoms with E-state index >= 15 is 0 Å². The SMILES string of the molecule is CN(C)c1cc(NC(=O)CN(C(=O)OCOC(=O)Cc2ccccc2)C(C)(C)C)c(O)c2c1C[C@H]1C[C@H]3[C@H](N(C)C)C(=O)C(C(N)=O)=C(O)[C@@]3(O)C(=O)C1=C2O. The number of amides is 3. The van der Waals surface area contributed by atoms with E-state index in [0.717, 1.165) is 4.90 Å². The first-order valence-electron chi connectivity index (χ1n) is 17.8. The van der Waals surface area contributed by atoms with Gasteiger partial charge >= 0.3 is 12.1 Å². The molecule has 2 aromatic carbocycles. The van der Waals surface area contributed by atoms with Gasteiger partial charge < -0.3 is 45.9 Å². The largest absolute Gasteiger partial charge is 0.508 e. The fraction of sp³-hybridized carbons (Fsp3) is 0.436. The van der Waals surface area contributed by atoms with E-state index < -0.39 is 101 Å². The van der Waals surface area contributed by atoms with E-state index in [2.05, 4.69) is 5.32 Å². The molecule has 3 aliphatic rings. The van der Waals surface area contributed by atoms with E-state index in [4.69, 9.17) is 15.2 Å². The summed E-state index contributed by atoms with van der Waals surface area (Å²) in [5.41, 5.74) is 1.43. The van der Waals surface area contributed by atoms with Gasteiger partial charge in [-0.25, -0.2) is 4.79 Å². The van der Waals surface area contributed by atoms with Crippen molar-refractivity contribution in [2.24, 2.45) is 17.6 Å². The number of phenolic OH excluding ortho intramolecular Hbond substituents is 1. The van der Waals surface area contributed by atoms with Gasteiger partial charge in [0.05, 0.1) is 23.7 Å². The molecule has 56 heavy (non-hydrogen) atoms. The molecule has 1 fully saturated rings. The second-order valence-corrected chi connectivity index (χ2v) is 15.5. The third-order valence-electron chi connectivity index (χ3n) is 10.4. The number of nitrogens with one attached hydrogen (secondary N) is 1. The number of primary amides is 1. The van der Waals surface area contributed by atoms with Gasteiger partial charge in [-0.15, -0.1) is 0 Å². The molecule has 17 heteroatoms. The molecule has 1 saturated carbocycles. The molecule has 3 amide bonds. The molecule has 0 unspecified atom stereocenters. The number of Topliss-reactive ketones (excluding diaryl/α,β-unsaturated/α-hetero) is 2. The minimum atomic E-state index is -2.82. The summed E-state index contributed by atoms with van der Waals surface area (Å²) in [6.45, 7) is 3.64. The summed E-state index contributed by atoms with van der Waals surface area (Å²) >= 11 is 0. The number of aliphatic hydroxyl groups is 3. The average Bonchev–Trinajstić information content (AvgIpc) is 3.09. The van der Waals surface area contributed by atoms with Crippen molar-refractivity contribution in [2.45, 2.75) is 57.2 Å². The predicted molar refractivity (Wildman–Crippen MR) is 201 cm³/mol. The molecule has 0 bridgehead atoms. The van der Waals surface area contributed by atoms with Crippen LogP contribution in [0, 0.1) is 11.8 Å². The van der Waals surface area contributed by atoms with Crippen LogP contribution in [0.3, 0.4) is 0 Å². The van der Waals surface area contributed by atoms with E-state index in [1.807, 2.05) is 0 Å². The molecule has 5 rings (SSSR count). The number of phenols is 1. The zero-order valence-corrected chi connectivity index (χ0v) is 32.2. The first kappa shape index (κ1) is 41.2. The van der Waals surface area contributed by atoms with Crippen molar-refractivity contribution < 1.29 is 58.7 Å². The Labute approximate surface area is 322 Å². The maximum Gasteiger partial charge on any atom is 0.413 e. The summed E-state index contributed by atoms with van der Waals surface area (Å²) in [4.78, 5) is 83.0. The number of nitrogens with zero attached hydrogens (tertiary/aromatic N) is 3. The number of hydrogen-bond acceptors (Lipinski definition) is 14. The molecule has 0 aliphatic heterocycles. The number of esters is 1. The molecule has 17 nitrogen and oxygen atoms in total. The molecule has 4 atom stereocenters. The molecule has 7 N–H and O–H groups in total. The summed E-state index contributed by atoms with van der Waals surface area (Å²) in [5, 5.41) is 49.0. The normalized spacial score (nSPS) is 21.8. The third-order valence-corrected chi connectivity index (χ3v) is 10.4. The highest BCUT2D eigenvalue weighted by Gasteiger charge is 2.64. The van der Waals surface area contributed by atoms with Crippen LogP contribution >= 0.6 is 0 Å². The first-order valence-corrected chi connectivity index (χ1v) is 17.8. The number of fused-ring (bicyclic) bond motifs is 3. The average molecular weight is 778 g/mol. The second kappa shape index (κ2) is 15.3. The summed E-state index contributed by atoms with van der Waals surface area (Å²) in [5.74, 6) is -9.43. The summed E-state index contributed by atoms with van der Waals surface area (Å²) in [6, 6.07) is 9.04. The van der Waals surface area contributed by atoms with Gasteiger partial charge in [-0.3, -0.25) is 33.8 Å². The number of nitrogens with two attached hydrogens (primary N) is 1. The molecule has 300 valence electrons. The molecular formula is C39H47N5O12. The van der Waals surface area contributed by atoms with Crippen molar-refractivity contribution in [3.8, 4) is 5.75 Å². The smallest absolute Gasteiger partial charge is 0.413 e. The van der Waals surface area contributed by atoms with E-state index in [1.165, 1.54) is 25.1 Å². The topological polar surface area (TPSA) is 250 Å². The van der Waals surface area contributed by atoms with Gasteiger partial charge in [-0.1, -0.05) is 30.3 Å². The zero-order chi connectivity index (χ0) is 41.6. The van der Waals surface area contributed by atoms with E-state index in [9.17, 15) is 49.2 Å². The number of anilines is 2. The standard InChI is InChI=1S/C39H47N5O12/c1-38(2,3)44(37(53)56-18-55-26(46)13-19-11-9-8-10-12-19)17-25(45)41-23-16-24(42(4)5)21-14-20-15-22-30(43(6)7)33(49)29(36(40)52)35(51)39(22,54)34(50)27(20)32(48)28(21)31(23)47/h8-12,16,20,22,30,47-48,51,54H,13-15,17-18H2,1-7H3,(H2,40,52)(H,41,45)/t20-,22-,30-,39-/m0/s1. The molecule has 2 aromatic rings. The van der Waals surface area contributed by atoms with E-state index in [1.54, 1.807) is 70.1 Å². The maximum absolute atomic E-state index is 14.3. The lowest BCUT2D eigenvalue weighted by molar-refractivity contribution is -0.154. The highest BCUT2D eigenvalue weighted by Crippen LogP contribution is 2.54. The molecule has 0 heterocycles. The zero-order valence-electron chi connectivity index (χ0n) is 32.2. The monoisotopic (exact) mass is 777 g/mol. The highest BCUT2D eigenvalue weighted by molar-refractivity contribution is 6.24. The lowest BCUT2D eigenvalue weighted by atomic mass is 9.57. The van der Waals surface area contributed by atoms with Crippen LogP contribution in [0.5, 0.6) is 5.75 Å². The van der Waals surface area contributed by atoms with Crippen molar-refractivity contribution in [2.75, 3.05) is 51.7 Å². The van der Waals surface area contributed by atoms with Gasteiger partial charge in [0.1, 0.15) is 29.4 Å². The van der Waals surface area contributed by atoms with Crippen LogP contribution in [0.4, 0.5) is 16.2 Å². The first-order chi connectivity index (χ1) is 26.1. The van der Waals surface area contributed by atoms with Crippen LogP contribution in [0.25, 0.3) is 5.76 Å². The van der Waals surface area contributed by atoms with Crippen LogP contribution in [-0.4, -0.2) is 124 Å². The Morgan fingerprint density at radius 2 is 1.64 bits per heavy atom. The second-order valence-electron chi connectivity index (χ2n) is 15.5. The van der Waals surface area contributed by atoms with Crippen LogP contribution < -0.4 is 16.0 Å². The Morgan fingerprint density at radius 3 is 2.21 bits per heavy atom. The number of carbonyl (C=O) groups is 6. The summed E-state index contributed by atoms with van der Waals surface area (Å²) in [7, 11) is 6.39. The van der Waals surface area contributed by atoms with Gasteiger partial charge in [0.2, 0.25) is 18.5 Å². The van der Waals surface area contributed by atoms with Crippen molar-refractivity contribution in [1.82, 2.24) is 9.80 Å². The molecule has 0 spiro atoms. The van der Waals surface area contributed by atoms with Crippen LogP contribution in [-0.2, 0) is 46.3 Å². The predicted octanol–water partition coefficient (Wildman–Crippen LogP) is 1.95. The summed E-state index contributed by atoms with van der Waals surface area (Å²) in [6.07, 6.45) is -1.08. The van der Waals surface area contributed by atoms with Crippen molar-refractivity contribution in [3.63, 3.8) is 0 Å². The van der Waals surface area contributed by atoms with Crippen molar-refractivity contribution in [1.29, 1.82) is 0 Å². The highest BCUT2D eigenvalue weighted by atomic mass is 16.7. The number of likely N-dealkylation sites (N-methyl/N-ethyl adjacent to an activating group) is 1. The van der Waals surface area contributed by atoms with Gasteiger partial charge in [0.15, 0.2) is 11.4 Å². The Bertz CT molecular complexity index is 2050. The number of aromatic hydroxyl groups is 1. The van der Waals surface area contributed by atoms with Crippen molar-refractivity contribution in [3.05, 3.63) is 70.0 Å². The van der Waals surface area contributed by atoms with E-state index in [0.29, 0.717) is 16.8 Å². The van der Waals surface area contributed by atoms with E-state index in [-0.39, 0.29) is 36.1 Å². The number of rotatable bonds is 10. The molecule has 0 aromatic heterocycles. The van der Waals surface area contributed by atoms with Gasteiger partial charge in [0, 0.05) is 36.8 Å². The van der Waals surface area contributed by atoms with Gasteiger partial charge in [-0.2, -0.15) is 0 Å².